The van der Waals surface area contributed by atoms with E-state index in [1.54, 1.807) is 18.5 Å². The Morgan fingerprint density at radius 1 is 1.42 bits per heavy atom. The Morgan fingerprint density at radius 2 is 2.00 bits per heavy atom. The molecule has 19 heavy (non-hydrogen) atoms. The van der Waals surface area contributed by atoms with E-state index < -0.39 is 16.9 Å². The highest BCUT2D eigenvalue weighted by Gasteiger charge is 2.43. The van der Waals surface area contributed by atoms with Gasteiger partial charge in [0.05, 0.1) is 11.1 Å². The fourth-order valence-corrected chi connectivity index (χ4v) is 1.83. The van der Waals surface area contributed by atoms with Crippen molar-refractivity contribution < 1.29 is 9.90 Å². The van der Waals surface area contributed by atoms with Crippen molar-refractivity contribution in [3.63, 3.8) is 0 Å². The van der Waals surface area contributed by atoms with Crippen LogP contribution in [0.5, 0.6) is 0 Å². The molecule has 1 rings (SSSR count). The summed E-state index contributed by atoms with van der Waals surface area (Å²) >= 11 is 0. The second kappa shape index (κ2) is 5.33. The number of aryl methyl sites for hydroxylation is 2. The number of nitrogens with one attached hydrogen (secondary N) is 1. The summed E-state index contributed by atoms with van der Waals surface area (Å²) in [6.07, 6.45) is 2.86. The molecule has 0 saturated heterocycles. The van der Waals surface area contributed by atoms with E-state index in [2.05, 4.69) is 17.3 Å². The van der Waals surface area contributed by atoms with Gasteiger partial charge in [0, 0.05) is 30.9 Å². The van der Waals surface area contributed by atoms with Crippen molar-refractivity contribution in [1.82, 2.24) is 15.1 Å². The Balaban J connectivity index is 2.83. The third-order valence-electron chi connectivity index (χ3n) is 4.14. The molecule has 0 aliphatic rings. The van der Waals surface area contributed by atoms with Gasteiger partial charge in [-0.15, -0.1) is 0 Å². The van der Waals surface area contributed by atoms with Gasteiger partial charge in [0.25, 0.3) is 0 Å². The number of hydrogen-bond donors (Lipinski definition) is 2. The summed E-state index contributed by atoms with van der Waals surface area (Å²) in [5, 5.41) is 17.1. The fourth-order valence-electron chi connectivity index (χ4n) is 1.83. The van der Waals surface area contributed by atoms with Gasteiger partial charge >= 0.3 is 5.97 Å². The first kappa shape index (κ1) is 15.7. The van der Waals surface area contributed by atoms with E-state index in [0.717, 1.165) is 17.7 Å². The molecule has 0 unspecified atom stereocenters. The molecular formula is C14H25N3O2. The SMILES string of the molecule is CCc1nn(C)cc1CNC(C)(C)C(C)(C)C(=O)O. The Bertz CT molecular complexity index is 461. The van der Waals surface area contributed by atoms with Crippen LogP contribution < -0.4 is 5.32 Å². The van der Waals surface area contributed by atoms with Crippen molar-refractivity contribution in [3.05, 3.63) is 17.5 Å². The summed E-state index contributed by atoms with van der Waals surface area (Å²) in [6, 6.07) is 0. The van der Waals surface area contributed by atoms with Crippen LogP contribution in [-0.4, -0.2) is 26.4 Å². The van der Waals surface area contributed by atoms with Crippen LogP contribution in [0.15, 0.2) is 6.20 Å². The van der Waals surface area contributed by atoms with E-state index in [0.29, 0.717) is 6.54 Å². The third kappa shape index (κ3) is 3.15. The lowest BCUT2D eigenvalue weighted by molar-refractivity contribution is -0.151. The van der Waals surface area contributed by atoms with Gasteiger partial charge in [0.15, 0.2) is 0 Å². The summed E-state index contributed by atoms with van der Waals surface area (Å²) in [7, 11) is 1.90. The summed E-state index contributed by atoms with van der Waals surface area (Å²) < 4.78 is 1.80. The van der Waals surface area contributed by atoms with Gasteiger partial charge in [0.2, 0.25) is 0 Å². The first-order valence-corrected chi connectivity index (χ1v) is 6.61. The second-order valence-corrected chi connectivity index (χ2v) is 6.04. The van der Waals surface area contributed by atoms with Crippen LogP contribution in [0.3, 0.4) is 0 Å². The maximum atomic E-state index is 11.3. The molecule has 0 spiro atoms. The maximum Gasteiger partial charge on any atom is 0.310 e. The Kier molecular flexibility index (Phi) is 4.40. The highest BCUT2D eigenvalue weighted by Crippen LogP contribution is 2.31. The van der Waals surface area contributed by atoms with Gasteiger partial charge in [-0.05, 0) is 34.1 Å². The molecule has 0 amide bonds. The molecule has 1 aromatic rings. The van der Waals surface area contributed by atoms with Crippen LogP contribution in [0.25, 0.3) is 0 Å². The average Bonchev–Trinajstić information content (AvgIpc) is 2.66. The minimum absolute atomic E-state index is 0.514. The second-order valence-electron chi connectivity index (χ2n) is 6.04. The van der Waals surface area contributed by atoms with Crippen LogP contribution in [0.2, 0.25) is 0 Å². The van der Waals surface area contributed by atoms with Crippen LogP contribution in [-0.2, 0) is 24.8 Å². The predicted octanol–water partition coefficient (Wildman–Crippen LogP) is 1.96. The van der Waals surface area contributed by atoms with Crippen LogP contribution in [0.4, 0.5) is 0 Å². The number of aliphatic carboxylic acids is 1. The average molecular weight is 267 g/mol. The summed E-state index contributed by atoms with van der Waals surface area (Å²) in [5.74, 6) is -0.799. The molecule has 0 aliphatic carbocycles. The zero-order valence-electron chi connectivity index (χ0n) is 12.7. The molecule has 1 heterocycles. The van der Waals surface area contributed by atoms with Gasteiger partial charge in [-0.2, -0.15) is 5.10 Å². The highest BCUT2D eigenvalue weighted by molar-refractivity contribution is 5.75. The summed E-state index contributed by atoms with van der Waals surface area (Å²) in [4.78, 5) is 11.3. The van der Waals surface area contributed by atoms with Crippen molar-refractivity contribution >= 4 is 5.97 Å². The van der Waals surface area contributed by atoms with Crippen LogP contribution in [0.1, 0.15) is 45.9 Å². The number of carbonyl (C=O) groups is 1. The van der Waals surface area contributed by atoms with Crippen molar-refractivity contribution in [3.8, 4) is 0 Å². The number of aromatic nitrogens is 2. The van der Waals surface area contributed by atoms with Crippen molar-refractivity contribution in [1.29, 1.82) is 0 Å². The minimum atomic E-state index is -0.846. The fraction of sp³-hybridized carbons (Fsp3) is 0.714. The first-order valence-electron chi connectivity index (χ1n) is 6.61. The maximum absolute atomic E-state index is 11.3. The summed E-state index contributed by atoms with van der Waals surface area (Å²) in [5.41, 5.74) is 0.819. The van der Waals surface area contributed by atoms with Crippen molar-refractivity contribution in [2.24, 2.45) is 12.5 Å². The van der Waals surface area contributed by atoms with E-state index >= 15 is 0 Å². The standard InChI is InChI=1S/C14H25N3O2/c1-7-11-10(9-17(6)16-11)8-15-14(4,5)13(2,3)12(18)19/h9,15H,7-8H2,1-6H3,(H,18,19). The number of nitrogens with zero attached hydrogens (tertiary/aromatic N) is 2. The lowest BCUT2D eigenvalue weighted by Crippen LogP contribution is -2.54. The molecule has 0 saturated carbocycles. The van der Waals surface area contributed by atoms with E-state index in [1.165, 1.54) is 0 Å². The minimum Gasteiger partial charge on any atom is -0.481 e. The summed E-state index contributed by atoms with van der Waals surface area (Å²) in [6.45, 7) is 10.0. The van der Waals surface area contributed by atoms with Crippen LogP contribution >= 0.6 is 0 Å². The monoisotopic (exact) mass is 267 g/mol. The predicted molar refractivity (Wildman–Crippen MR) is 74.9 cm³/mol. The quantitative estimate of drug-likeness (QED) is 0.827. The molecule has 5 nitrogen and oxygen atoms in total. The van der Waals surface area contributed by atoms with Gasteiger partial charge < -0.3 is 10.4 Å². The van der Waals surface area contributed by atoms with E-state index in [1.807, 2.05) is 27.1 Å². The molecule has 0 bridgehead atoms. The molecule has 0 aromatic carbocycles. The van der Waals surface area contributed by atoms with Crippen LogP contribution in [0, 0.1) is 5.41 Å². The largest absolute Gasteiger partial charge is 0.481 e. The highest BCUT2D eigenvalue weighted by atomic mass is 16.4. The van der Waals surface area contributed by atoms with Gasteiger partial charge in [0.1, 0.15) is 0 Å². The normalized spacial score (nSPS) is 12.7. The van der Waals surface area contributed by atoms with Crippen molar-refractivity contribution in [2.45, 2.75) is 53.1 Å². The number of carboxylic acid groups (broad SMARTS) is 1. The third-order valence-corrected chi connectivity index (χ3v) is 4.14. The van der Waals surface area contributed by atoms with Gasteiger partial charge in [-0.1, -0.05) is 6.92 Å². The Morgan fingerprint density at radius 3 is 2.47 bits per heavy atom. The number of rotatable bonds is 6. The van der Waals surface area contributed by atoms with Gasteiger partial charge in [-0.25, -0.2) is 0 Å². The zero-order chi connectivity index (χ0) is 14.8. The van der Waals surface area contributed by atoms with Gasteiger partial charge in [-0.3, -0.25) is 9.48 Å². The molecule has 0 radical (unpaired) electrons. The van der Waals surface area contributed by atoms with E-state index in [-0.39, 0.29) is 0 Å². The molecule has 1 aromatic heterocycles. The number of hydrogen-bond acceptors (Lipinski definition) is 3. The molecule has 108 valence electrons. The zero-order valence-corrected chi connectivity index (χ0v) is 12.7. The number of carboxylic acids is 1. The molecule has 0 atom stereocenters. The smallest absolute Gasteiger partial charge is 0.310 e. The Hall–Kier alpha value is -1.36. The van der Waals surface area contributed by atoms with Crippen molar-refractivity contribution in [2.75, 3.05) is 0 Å². The molecule has 2 N–H and O–H groups in total. The van der Waals surface area contributed by atoms with E-state index in [4.69, 9.17) is 0 Å². The topological polar surface area (TPSA) is 67.2 Å². The molecule has 0 aliphatic heterocycles. The molecule has 0 fully saturated rings. The first-order chi connectivity index (χ1) is 8.61. The molecular weight excluding hydrogens is 242 g/mol. The lowest BCUT2D eigenvalue weighted by atomic mass is 9.74. The molecule has 5 heteroatoms. The van der Waals surface area contributed by atoms with E-state index in [9.17, 15) is 9.90 Å². The lowest BCUT2D eigenvalue weighted by Gasteiger charge is -2.39. The Labute approximate surface area is 115 Å².